The molecule has 1 N–H and O–H groups in total. The van der Waals surface area contributed by atoms with Crippen molar-refractivity contribution in [3.63, 3.8) is 0 Å². The summed E-state index contributed by atoms with van der Waals surface area (Å²) >= 11 is 0. The minimum atomic E-state index is 0.223. The summed E-state index contributed by atoms with van der Waals surface area (Å²) < 4.78 is 5.29. The number of nitrogens with one attached hydrogen (secondary N) is 1. The van der Waals surface area contributed by atoms with E-state index >= 15 is 0 Å². The Labute approximate surface area is 83.1 Å². The smallest absolute Gasteiger partial charge is 0.243 e. The van der Waals surface area contributed by atoms with Gasteiger partial charge in [0, 0.05) is 5.41 Å². The molecule has 1 aliphatic carbocycles. The molecule has 1 aromatic heterocycles. The molecule has 4 heteroatoms. The van der Waals surface area contributed by atoms with Crippen LogP contribution in [0.25, 0.3) is 0 Å². The summed E-state index contributed by atoms with van der Waals surface area (Å²) in [5.41, 5.74) is 0.223. The fourth-order valence-corrected chi connectivity index (χ4v) is 1.93. The van der Waals surface area contributed by atoms with Crippen LogP contribution in [0.2, 0.25) is 0 Å². The van der Waals surface area contributed by atoms with Crippen LogP contribution in [0.15, 0.2) is 4.52 Å². The van der Waals surface area contributed by atoms with Crippen molar-refractivity contribution in [2.45, 2.75) is 44.1 Å². The lowest BCUT2D eigenvalue weighted by Gasteiger charge is -2.02. The molecular formula is C10H15N3O. The van der Waals surface area contributed by atoms with Crippen LogP contribution in [0, 0.1) is 0 Å². The zero-order valence-electron chi connectivity index (χ0n) is 8.42. The molecule has 1 aliphatic heterocycles. The highest BCUT2D eigenvalue weighted by atomic mass is 16.5. The fourth-order valence-electron chi connectivity index (χ4n) is 1.93. The zero-order chi connectivity index (χ0) is 9.60. The highest BCUT2D eigenvalue weighted by Crippen LogP contribution is 2.46. The Hall–Kier alpha value is -0.900. The second-order valence-corrected chi connectivity index (χ2v) is 4.67. The molecule has 1 atom stereocenters. The highest BCUT2D eigenvalue weighted by molar-refractivity contribution is 5.15. The second-order valence-electron chi connectivity index (χ2n) is 4.67. The third-order valence-electron chi connectivity index (χ3n) is 3.34. The van der Waals surface area contributed by atoms with Gasteiger partial charge in [0.05, 0.1) is 6.04 Å². The summed E-state index contributed by atoms with van der Waals surface area (Å²) in [5, 5.41) is 7.43. The van der Waals surface area contributed by atoms with Crippen molar-refractivity contribution in [1.82, 2.24) is 15.5 Å². The van der Waals surface area contributed by atoms with Crippen LogP contribution in [0.3, 0.4) is 0 Å². The maximum Gasteiger partial charge on any atom is 0.243 e. The van der Waals surface area contributed by atoms with Crippen molar-refractivity contribution < 1.29 is 4.52 Å². The predicted octanol–water partition coefficient (Wildman–Crippen LogP) is 1.55. The maximum atomic E-state index is 5.29. The normalized spacial score (nSPS) is 29.4. The molecule has 2 heterocycles. The Balaban J connectivity index is 1.82. The molecule has 76 valence electrons. The van der Waals surface area contributed by atoms with Gasteiger partial charge in [0.25, 0.3) is 0 Å². The van der Waals surface area contributed by atoms with Crippen molar-refractivity contribution in [2.24, 2.45) is 0 Å². The molecule has 4 nitrogen and oxygen atoms in total. The average Bonchev–Trinajstić information content (AvgIpc) is 2.73. The van der Waals surface area contributed by atoms with Gasteiger partial charge in [-0.3, -0.25) is 0 Å². The molecule has 1 aromatic rings. The Bertz CT molecular complexity index is 337. The van der Waals surface area contributed by atoms with Crippen LogP contribution < -0.4 is 5.32 Å². The molecule has 1 saturated carbocycles. The monoisotopic (exact) mass is 193 g/mol. The van der Waals surface area contributed by atoms with Gasteiger partial charge >= 0.3 is 0 Å². The van der Waals surface area contributed by atoms with Gasteiger partial charge in [0.2, 0.25) is 5.89 Å². The SMILES string of the molecule is CC1(c2noc([C@@H]3CCCN3)n2)CC1. The molecule has 14 heavy (non-hydrogen) atoms. The summed E-state index contributed by atoms with van der Waals surface area (Å²) in [6, 6.07) is 0.304. The zero-order valence-corrected chi connectivity index (χ0v) is 8.42. The van der Waals surface area contributed by atoms with Crippen molar-refractivity contribution in [2.75, 3.05) is 6.54 Å². The predicted molar refractivity (Wildman–Crippen MR) is 50.9 cm³/mol. The van der Waals surface area contributed by atoms with E-state index in [1.54, 1.807) is 0 Å². The molecular weight excluding hydrogens is 178 g/mol. The summed E-state index contributed by atoms with van der Waals surface area (Å²) in [4.78, 5) is 4.49. The molecule has 0 amide bonds. The van der Waals surface area contributed by atoms with Crippen molar-refractivity contribution >= 4 is 0 Å². The molecule has 0 bridgehead atoms. The number of hydrogen-bond acceptors (Lipinski definition) is 4. The number of rotatable bonds is 2. The standard InChI is InChI=1S/C10H15N3O/c1-10(4-5-10)9-12-8(14-13-9)7-3-2-6-11-7/h7,11H,2-6H2,1H3/t7-/m0/s1. The van der Waals surface area contributed by atoms with Gasteiger partial charge in [-0.2, -0.15) is 4.98 Å². The summed E-state index contributed by atoms with van der Waals surface area (Å²) in [5.74, 6) is 1.69. The summed E-state index contributed by atoms with van der Waals surface area (Å²) in [6.07, 6.45) is 4.73. The van der Waals surface area contributed by atoms with Crippen LogP contribution in [0.1, 0.15) is 50.4 Å². The Morgan fingerprint density at radius 1 is 1.50 bits per heavy atom. The molecule has 2 aliphatic rings. The topological polar surface area (TPSA) is 51.0 Å². The molecule has 0 unspecified atom stereocenters. The van der Waals surface area contributed by atoms with E-state index in [1.807, 2.05) is 0 Å². The first-order valence-electron chi connectivity index (χ1n) is 5.35. The fraction of sp³-hybridized carbons (Fsp3) is 0.800. The van der Waals surface area contributed by atoms with Gasteiger partial charge in [-0.15, -0.1) is 0 Å². The number of nitrogens with zero attached hydrogens (tertiary/aromatic N) is 2. The van der Waals surface area contributed by atoms with Gasteiger partial charge in [0.15, 0.2) is 5.82 Å². The minimum Gasteiger partial charge on any atom is -0.338 e. The Kier molecular flexibility index (Phi) is 1.68. The Morgan fingerprint density at radius 3 is 3.00 bits per heavy atom. The minimum absolute atomic E-state index is 0.223. The van der Waals surface area contributed by atoms with E-state index in [9.17, 15) is 0 Å². The molecule has 3 rings (SSSR count). The van der Waals surface area contributed by atoms with Gasteiger partial charge in [-0.05, 0) is 32.2 Å². The van der Waals surface area contributed by atoms with Gasteiger partial charge in [-0.25, -0.2) is 0 Å². The van der Waals surface area contributed by atoms with Crippen molar-refractivity contribution in [3.05, 3.63) is 11.7 Å². The average molecular weight is 193 g/mol. The van der Waals surface area contributed by atoms with Gasteiger partial charge in [0.1, 0.15) is 0 Å². The quantitative estimate of drug-likeness (QED) is 0.774. The lowest BCUT2D eigenvalue weighted by Crippen LogP contribution is -2.13. The largest absolute Gasteiger partial charge is 0.338 e. The van der Waals surface area contributed by atoms with E-state index in [0.717, 1.165) is 24.7 Å². The maximum absolute atomic E-state index is 5.29. The number of hydrogen-bond donors (Lipinski definition) is 1. The van der Waals surface area contributed by atoms with Crippen molar-refractivity contribution in [3.8, 4) is 0 Å². The molecule has 1 saturated heterocycles. The molecule has 0 spiro atoms. The van der Waals surface area contributed by atoms with Crippen LogP contribution in [-0.4, -0.2) is 16.7 Å². The molecule has 0 radical (unpaired) electrons. The van der Waals surface area contributed by atoms with Crippen LogP contribution in [0.4, 0.5) is 0 Å². The number of aromatic nitrogens is 2. The van der Waals surface area contributed by atoms with E-state index < -0.39 is 0 Å². The first-order chi connectivity index (χ1) is 6.78. The van der Waals surface area contributed by atoms with Crippen LogP contribution in [-0.2, 0) is 5.41 Å². The van der Waals surface area contributed by atoms with E-state index in [0.29, 0.717) is 6.04 Å². The van der Waals surface area contributed by atoms with E-state index in [-0.39, 0.29) is 5.41 Å². The summed E-state index contributed by atoms with van der Waals surface area (Å²) in [7, 11) is 0. The van der Waals surface area contributed by atoms with Crippen LogP contribution >= 0.6 is 0 Å². The second kappa shape index (κ2) is 2.79. The lowest BCUT2D eigenvalue weighted by molar-refractivity contribution is 0.339. The third-order valence-corrected chi connectivity index (χ3v) is 3.34. The lowest BCUT2D eigenvalue weighted by atomic mass is 10.1. The van der Waals surface area contributed by atoms with Gasteiger partial charge in [-0.1, -0.05) is 12.1 Å². The highest BCUT2D eigenvalue weighted by Gasteiger charge is 2.44. The third kappa shape index (κ3) is 1.25. The van der Waals surface area contributed by atoms with Gasteiger partial charge < -0.3 is 9.84 Å². The molecule has 0 aromatic carbocycles. The molecule has 2 fully saturated rings. The van der Waals surface area contributed by atoms with Crippen LogP contribution in [0.5, 0.6) is 0 Å². The van der Waals surface area contributed by atoms with E-state index in [4.69, 9.17) is 4.52 Å². The van der Waals surface area contributed by atoms with E-state index in [2.05, 4.69) is 22.4 Å². The van der Waals surface area contributed by atoms with Crippen molar-refractivity contribution in [1.29, 1.82) is 0 Å². The first-order valence-corrected chi connectivity index (χ1v) is 5.35. The first kappa shape index (κ1) is 8.41. The summed E-state index contributed by atoms with van der Waals surface area (Å²) in [6.45, 7) is 3.27. The van der Waals surface area contributed by atoms with E-state index in [1.165, 1.54) is 19.3 Å². The Morgan fingerprint density at radius 2 is 2.36 bits per heavy atom.